The third-order valence-electron chi connectivity index (χ3n) is 3.65. The molecule has 1 fully saturated rings. The fourth-order valence-corrected chi connectivity index (χ4v) is 2.56. The van der Waals surface area contributed by atoms with Crippen molar-refractivity contribution in [2.45, 2.75) is 24.9 Å². The molecule has 1 aliphatic rings. The molecule has 1 aromatic rings. The van der Waals surface area contributed by atoms with Gasteiger partial charge in [0.25, 0.3) is 0 Å². The first kappa shape index (κ1) is 16.5. The van der Waals surface area contributed by atoms with E-state index in [1.54, 1.807) is 14.1 Å². The maximum atomic E-state index is 13.9. The van der Waals surface area contributed by atoms with E-state index in [1.165, 1.54) is 11.0 Å². The van der Waals surface area contributed by atoms with Crippen LogP contribution in [0.5, 0.6) is 0 Å². The maximum absolute atomic E-state index is 13.9. The Hall–Kier alpha value is -1.86. The zero-order valence-corrected chi connectivity index (χ0v) is 12.5. The van der Waals surface area contributed by atoms with Gasteiger partial charge in [0, 0.05) is 11.6 Å². The van der Waals surface area contributed by atoms with Crippen LogP contribution in [-0.4, -0.2) is 43.4 Å². The van der Waals surface area contributed by atoms with Crippen LogP contribution in [0.1, 0.15) is 24.4 Å². The molecular formula is C15H19F2N3O2. The predicted molar refractivity (Wildman–Crippen MR) is 77.0 cm³/mol. The molecule has 7 heteroatoms. The minimum atomic E-state index is -1.01. The highest BCUT2D eigenvalue weighted by atomic mass is 19.1. The molecular weight excluding hydrogens is 292 g/mol. The summed E-state index contributed by atoms with van der Waals surface area (Å²) in [5, 5.41) is 5.29. The summed E-state index contributed by atoms with van der Waals surface area (Å²) in [6, 6.07) is 1.62. The normalized spacial score (nSPS) is 19.2. The Morgan fingerprint density at radius 3 is 2.64 bits per heavy atom. The average molecular weight is 311 g/mol. The van der Waals surface area contributed by atoms with E-state index in [4.69, 9.17) is 0 Å². The minimum Gasteiger partial charge on any atom is -0.306 e. The van der Waals surface area contributed by atoms with Crippen LogP contribution in [0, 0.1) is 11.6 Å². The molecule has 2 unspecified atom stereocenters. The number of benzene rings is 1. The van der Waals surface area contributed by atoms with Gasteiger partial charge in [-0.3, -0.25) is 19.8 Å². The van der Waals surface area contributed by atoms with E-state index < -0.39 is 35.5 Å². The van der Waals surface area contributed by atoms with Gasteiger partial charge >= 0.3 is 0 Å². The molecule has 1 aliphatic heterocycles. The Balaban J connectivity index is 2.16. The van der Waals surface area contributed by atoms with E-state index in [0.29, 0.717) is 6.42 Å². The summed E-state index contributed by atoms with van der Waals surface area (Å²) in [6.07, 6.45) is 1.53. The second-order valence-corrected chi connectivity index (χ2v) is 5.53. The van der Waals surface area contributed by atoms with Crippen LogP contribution in [0.25, 0.3) is 0 Å². The van der Waals surface area contributed by atoms with E-state index in [2.05, 4.69) is 10.6 Å². The Labute approximate surface area is 127 Å². The van der Waals surface area contributed by atoms with E-state index in [-0.39, 0.29) is 5.56 Å². The standard InChI is InChI=1S/C15H19F2N3O2/c1-20(2)13(10-6-5-9(16)8-11(10)17)15(22)19-14(21)12-4-3-7-18-12/h5-6,8,12-13,18H,3-4,7H2,1-2H3,(H,19,21,22). The smallest absolute Gasteiger partial charge is 0.248 e. The molecule has 0 saturated carbocycles. The van der Waals surface area contributed by atoms with Crippen molar-refractivity contribution in [1.29, 1.82) is 0 Å². The van der Waals surface area contributed by atoms with Crippen LogP contribution in [0.15, 0.2) is 18.2 Å². The predicted octanol–water partition coefficient (Wildman–Crippen LogP) is 0.962. The zero-order valence-electron chi connectivity index (χ0n) is 12.5. The first-order valence-corrected chi connectivity index (χ1v) is 7.09. The number of nitrogens with one attached hydrogen (secondary N) is 2. The zero-order chi connectivity index (χ0) is 16.3. The van der Waals surface area contributed by atoms with Crippen molar-refractivity contribution >= 4 is 11.8 Å². The lowest BCUT2D eigenvalue weighted by Gasteiger charge is -2.24. The second-order valence-electron chi connectivity index (χ2n) is 5.53. The van der Waals surface area contributed by atoms with Gasteiger partial charge in [-0.05, 0) is 39.5 Å². The van der Waals surface area contributed by atoms with Gasteiger partial charge in [0.15, 0.2) is 0 Å². The van der Waals surface area contributed by atoms with Gasteiger partial charge in [-0.2, -0.15) is 0 Å². The SMILES string of the molecule is CN(C)C(C(=O)NC(=O)C1CCCN1)c1ccc(F)cc1F. The van der Waals surface area contributed by atoms with Crippen molar-refractivity contribution in [2.24, 2.45) is 0 Å². The highest BCUT2D eigenvalue weighted by Gasteiger charge is 2.30. The molecule has 5 nitrogen and oxygen atoms in total. The number of rotatable bonds is 4. The first-order valence-electron chi connectivity index (χ1n) is 7.09. The highest BCUT2D eigenvalue weighted by molar-refractivity contribution is 6.00. The monoisotopic (exact) mass is 311 g/mol. The van der Waals surface area contributed by atoms with Gasteiger partial charge in [0.1, 0.15) is 17.7 Å². The van der Waals surface area contributed by atoms with E-state index in [0.717, 1.165) is 25.1 Å². The largest absolute Gasteiger partial charge is 0.306 e. The number of halogens is 2. The molecule has 22 heavy (non-hydrogen) atoms. The molecule has 1 aromatic carbocycles. The molecule has 0 spiro atoms. The fraction of sp³-hybridized carbons (Fsp3) is 0.467. The number of hydrogen-bond donors (Lipinski definition) is 2. The van der Waals surface area contributed by atoms with Gasteiger partial charge in [-0.1, -0.05) is 6.07 Å². The van der Waals surface area contributed by atoms with Crippen LogP contribution in [0.4, 0.5) is 8.78 Å². The Morgan fingerprint density at radius 1 is 1.36 bits per heavy atom. The van der Waals surface area contributed by atoms with Crippen LogP contribution in [0.2, 0.25) is 0 Å². The highest BCUT2D eigenvalue weighted by Crippen LogP contribution is 2.22. The van der Waals surface area contributed by atoms with Crippen molar-refractivity contribution < 1.29 is 18.4 Å². The van der Waals surface area contributed by atoms with E-state index >= 15 is 0 Å². The molecule has 2 atom stereocenters. The van der Waals surface area contributed by atoms with Crippen molar-refractivity contribution in [2.75, 3.05) is 20.6 Å². The van der Waals surface area contributed by atoms with Crippen molar-refractivity contribution in [1.82, 2.24) is 15.5 Å². The van der Waals surface area contributed by atoms with Crippen molar-refractivity contribution in [3.8, 4) is 0 Å². The summed E-state index contributed by atoms with van der Waals surface area (Å²) in [6.45, 7) is 0.732. The fourth-order valence-electron chi connectivity index (χ4n) is 2.56. The summed E-state index contributed by atoms with van der Waals surface area (Å²) >= 11 is 0. The number of carbonyl (C=O) groups excluding carboxylic acids is 2. The van der Waals surface area contributed by atoms with Crippen molar-refractivity contribution in [3.05, 3.63) is 35.4 Å². The van der Waals surface area contributed by atoms with Gasteiger partial charge in [-0.25, -0.2) is 8.78 Å². The molecule has 2 amide bonds. The first-order chi connectivity index (χ1) is 10.4. The molecule has 2 N–H and O–H groups in total. The van der Waals surface area contributed by atoms with Gasteiger partial charge in [-0.15, -0.1) is 0 Å². The quantitative estimate of drug-likeness (QED) is 0.869. The Kier molecular flexibility index (Phi) is 5.20. The maximum Gasteiger partial charge on any atom is 0.248 e. The lowest BCUT2D eigenvalue weighted by Crippen LogP contribution is -2.47. The minimum absolute atomic E-state index is 0.0241. The number of amides is 2. The molecule has 1 heterocycles. The number of nitrogens with zero attached hydrogens (tertiary/aromatic N) is 1. The summed E-state index contributed by atoms with van der Waals surface area (Å²) in [5.74, 6) is -2.59. The summed E-state index contributed by atoms with van der Waals surface area (Å²) in [4.78, 5) is 25.8. The lowest BCUT2D eigenvalue weighted by molar-refractivity contribution is -0.134. The average Bonchev–Trinajstić information content (AvgIpc) is 2.95. The molecule has 1 saturated heterocycles. The van der Waals surface area contributed by atoms with Gasteiger partial charge in [0.2, 0.25) is 11.8 Å². The number of likely N-dealkylation sites (N-methyl/N-ethyl adjacent to an activating group) is 1. The van der Waals surface area contributed by atoms with Crippen LogP contribution < -0.4 is 10.6 Å². The topological polar surface area (TPSA) is 61.4 Å². The third kappa shape index (κ3) is 3.66. The van der Waals surface area contributed by atoms with Gasteiger partial charge < -0.3 is 5.32 Å². The summed E-state index contributed by atoms with van der Waals surface area (Å²) in [5.41, 5.74) is 0.0241. The van der Waals surface area contributed by atoms with Crippen LogP contribution in [0.3, 0.4) is 0 Å². The number of hydrogen-bond acceptors (Lipinski definition) is 4. The second kappa shape index (κ2) is 6.93. The van der Waals surface area contributed by atoms with Crippen LogP contribution in [-0.2, 0) is 9.59 Å². The number of imide groups is 1. The van der Waals surface area contributed by atoms with E-state index in [1.807, 2.05) is 0 Å². The third-order valence-corrected chi connectivity index (χ3v) is 3.65. The Bertz CT molecular complexity index is 572. The molecule has 120 valence electrons. The van der Waals surface area contributed by atoms with Gasteiger partial charge in [0.05, 0.1) is 6.04 Å². The number of carbonyl (C=O) groups is 2. The molecule has 0 aromatic heterocycles. The summed E-state index contributed by atoms with van der Waals surface area (Å²) in [7, 11) is 3.18. The molecule has 0 bridgehead atoms. The van der Waals surface area contributed by atoms with Crippen molar-refractivity contribution in [3.63, 3.8) is 0 Å². The Morgan fingerprint density at radius 2 is 2.09 bits per heavy atom. The molecule has 0 radical (unpaired) electrons. The van der Waals surface area contributed by atoms with E-state index in [9.17, 15) is 18.4 Å². The lowest BCUT2D eigenvalue weighted by atomic mass is 10.0. The molecule has 0 aliphatic carbocycles. The molecule has 2 rings (SSSR count). The van der Waals surface area contributed by atoms with Crippen LogP contribution >= 0.6 is 0 Å². The summed E-state index contributed by atoms with van der Waals surface area (Å²) < 4.78 is 26.9.